The summed E-state index contributed by atoms with van der Waals surface area (Å²) >= 11 is 1.15. The maximum atomic E-state index is 11.2. The van der Waals surface area contributed by atoms with Gasteiger partial charge in [-0.1, -0.05) is 4.49 Å². The van der Waals surface area contributed by atoms with Crippen LogP contribution in [0.5, 0.6) is 0 Å². The summed E-state index contributed by atoms with van der Waals surface area (Å²) in [5.41, 5.74) is 0.356. The second kappa shape index (κ2) is 5.60. The van der Waals surface area contributed by atoms with E-state index in [1.54, 1.807) is 5.38 Å². The molecule has 0 aliphatic carbocycles. The van der Waals surface area contributed by atoms with Crippen molar-refractivity contribution >= 4 is 17.4 Å². The highest BCUT2D eigenvalue weighted by Crippen LogP contribution is 1.96. The minimum Gasteiger partial charge on any atom is -0.396 e. The zero-order valence-electron chi connectivity index (χ0n) is 7.06. The molecule has 13 heavy (non-hydrogen) atoms. The van der Waals surface area contributed by atoms with E-state index >= 15 is 0 Å². The molecule has 1 aromatic heterocycles. The van der Waals surface area contributed by atoms with Gasteiger partial charge in [0, 0.05) is 18.5 Å². The number of nitrogens with zero attached hydrogens (tertiary/aromatic N) is 2. The van der Waals surface area contributed by atoms with Crippen molar-refractivity contribution in [2.45, 2.75) is 12.8 Å². The van der Waals surface area contributed by atoms with Gasteiger partial charge < -0.3 is 10.4 Å². The molecule has 6 heteroatoms. The predicted molar refractivity (Wildman–Crippen MR) is 48.6 cm³/mol. The van der Waals surface area contributed by atoms with Gasteiger partial charge in [0.2, 0.25) is 0 Å². The topological polar surface area (TPSA) is 75.1 Å². The first kappa shape index (κ1) is 10.1. The number of rotatable bonds is 5. The lowest BCUT2D eigenvalue weighted by Crippen LogP contribution is -2.24. The van der Waals surface area contributed by atoms with Crippen LogP contribution in [-0.4, -0.2) is 33.8 Å². The normalized spacial score (nSPS) is 9.92. The molecule has 5 nitrogen and oxygen atoms in total. The molecule has 0 unspecified atom stereocenters. The largest absolute Gasteiger partial charge is 0.396 e. The van der Waals surface area contributed by atoms with Crippen LogP contribution in [0.4, 0.5) is 0 Å². The first-order valence-corrected chi connectivity index (χ1v) is 4.84. The fraction of sp³-hybridized carbons (Fsp3) is 0.571. The van der Waals surface area contributed by atoms with E-state index in [2.05, 4.69) is 14.9 Å². The number of unbranched alkanes of at least 4 members (excludes halogenated alkanes) is 1. The average molecular weight is 201 g/mol. The Balaban J connectivity index is 2.19. The minimum atomic E-state index is -0.202. The van der Waals surface area contributed by atoms with Crippen LogP contribution in [-0.2, 0) is 0 Å². The van der Waals surface area contributed by atoms with E-state index in [0.29, 0.717) is 18.7 Å². The van der Waals surface area contributed by atoms with E-state index in [9.17, 15) is 4.79 Å². The Morgan fingerprint density at radius 2 is 2.46 bits per heavy atom. The monoisotopic (exact) mass is 201 g/mol. The van der Waals surface area contributed by atoms with Crippen molar-refractivity contribution in [3.8, 4) is 0 Å². The molecule has 72 valence electrons. The third-order valence-corrected chi connectivity index (χ3v) is 1.97. The lowest BCUT2D eigenvalue weighted by molar-refractivity contribution is 0.0947. The van der Waals surface area contributed by atoms with Gasteiger partial charge in [-0.2, -0.15) is 0 Å². The van der Waals surface area contributed by atoms with Gasteiger partial charge in [0.1, 0.15) is 0 Å². The van der Waals surface area contributed by atoms with Gasteiger partial charge in [-0.15, -0.1) is 5.10 Å². The molecule has 0 aliphatic rings. The Kier molecular flexibility index (Phi) is 4.34. The van der Waals surface area contributed by atoms with E-state index in [0.717, 1.165) is 18.0 Å². The van der Waals surface area contributed by atoms with E-state index in [4.69, 9.17) is 5.11 Å². The lowest BCUT2D eigenvalue weighted by Gasteiger charge is -2.00. The van der Waals surface area contributed by atoms with Crippen LogP contribution in [0.1, 0.15) is 23.3 Å². The van der Waals surface area contributed by atoms with Crippen LogP contribution in [0.25, 0.3) is 0 Å². The predicted octanol–water partition coefficient (Wildman–Crippen LogP) is 0.0404. The Morgan fingerprint density at radius 3 is 3.08 bits per heavy atom. The quantitative estimate of drug-likeness (QED) is 0.659. The molecule has 0 aliphatic heterocycles. The first-order chi connectivity index (χ1) is 6.34. The zero-order chi connectivity index (χ0) is 9.52. The molecular weight excluding hydrogens is 190 g/mol. The van der Waals surface area contributed by atoms with Gasteiger partial charge in [-0.3, -0.25) is 4.79 Å². The second-order valence-electron chi connectivity index (χ2n) is 2.48. The molecule has 0 spiro atoms. The van der Waals surface area contributed by atoms with Crippen LogP contribution in [0.2, 0.25) is 0 Å². The summed E-state index contributed by atoms with van der Waals surface area (Å²) in [4.78, 5) is 11.2. The maximum absolute atomic E-state index is 11.2. The third-order valence-electron chi connectivity index (χ3n) is 1.46. The molecule has 1 aromatic rings. The highest BCUT2D eigenvalue weighted by molar-refractivity contribution is 7.03. The molecule has 0 radical (unpaired) electrons. The standard InChI is InChI=1S/C7H11N3O2S/c11-4-2-1-3-8-7(12)6-5-13-10-9-6/h5,11H,1-4H2,(H,8,12). The van der Waals surface area contributed by atoms with Crippen molar-refractivity contribution in [3.05, 3.63) is 11.1 Å². The zero-order valence-corrected chi connectivity index (χ0v) is 7.88. The summed E-state index contributed by atoms with van der Waals surface area (Å²) in [6, 6.07) is 0. The highest BCUT2D eigenvalue weighted by Gasteiger charge is 2.06. The van der Waals surface area contributed by atoms with Crippen molar-refractivity contribution in [2.75, 3.05) is 13.2 Å². The number of aromatic nitrogens is 2. The molecule has 0 bridgehead atoms. The van der Waals surface area contributed by atoms with Gasteiger partial charge in [0.25, 0.3) is 5.91 Å². The second-order valence-corrected chi connectivity index (χ2v) is 3.09. The number of amides is 1. The summed E-state index contributed by atoms with van der Waals surface area (Å²) in [7, 11) is 0. The number of carbonyl (C=O) groups is 1. The summed E-state index contributed by atoms with van der Waals surface area (Å²) in [6.07, 6.45) is 1.48. The van der Waals surface area contributed by atoms with E-state index in [1.165, 1.54) is 0 Å². The SMILES string of the molecule is O=C(NCCCCO)c1csnn1. The van der Waals surface area contributed by atoms with Gasteiger partial charge in [0.15, 0.2) is 5.69 Å². The fourth-order valence-corrected chi connectivity index (χ4v) is 1.23. The van der Waals surface area contributed by atoms with Gasteiger partial charge in [-0.05, 0) is 24.4 Å². The summed E-state index contributed by atoms with van der Waals surface area (Å²) < 4.78 is 3.58. The lowest BCUT2D eigenvalue weighted by atomic mass is 10.3. The van der Waals surface area contributed by atoms with Crippen LogP contribution in [0.15, 0.2) is 5.38 Å². The van der Waals surface area contributed by atoms with E-state index in [-0.39, 0.29) is 12.5 Å². The molecule has 2 N–H and O–H groups in total. The summed E-state index contributed by atoms with van der Waals surface area (Å²) in [6.45, 7) is 0.727. The van der Waals surface area contributed by atoms with Crippen molar-refractivity contribution in [1.29, 1.82) is 0 Å². The Labute approximate surface area is 80.0 Å². The number of aliphatic hydroxyl groups excluding tert-OH is 1. The van der Waals surface area contributed by atoms with E-state index in [1.807, 2.05) is 0 Å². The number of hydrogen-bond donors (Lipinski definition) is 2. The van der Waals surface area contributed by atoms with Gasteiger partial charge in [0.05, 0.1) is 0 Å². The van der Waals surface area contributed by atoms with Gasteiger partial charge >= 0.3 is 0 Å². The van der Waals surface area contributed by atoms with Crippen molar-refractivity contribution in [2.24, 2.45) is 0 Å². The molecule has 0 saturated heterocycles. The Morgan fingerprint density at radius 1 is 1.62 bits per heavy atom. The van der Waals surface area contributed by atoms with Crippen LogP contribution >= 0.6 is 11.5 Å². The smallest absolute Gasteiger partial charge is 0.272 e. The van der Waals surface area contributed by atoms with E-state index < -0.39 is 0 Å². The van der Waals surface area contributed by atoms with Crippen molar-refractivity contribution < 1.29 is 9.90 Å². The van der Waals surface area contributed by atoms with Crippen LogP contribution in [0.3, 0.4) is 0 Å². The molecule has 0 aromatic carbocycles. The maximum Gasteiger partial charge on any atom is 0.272 e. The third kappa shape index (κ3) is 3.47. The number of nitrogens with one attached hydrogen (secondary N) is 1. The summed E-state index contributed by atoms with van der Waals surface area (Å²) in [5, 5.41) is 16.4. The molecule has 0 fully saturated rings. The Hall–Kier alpha value is -1.01. The minimum absolute atomic E-state index is 0.161. The van der Waals surface area contributed by atoms with Crippen LogP contribution < -0.4 is 5.32 Å². The molecule has 0 saturated carbocycles. The average Bonchev–Trinajstić information content (AvgIpc) is 2.65. The number of aliphatic hydroxyl groups is 1. The fourth-order valence-electron chi connectivity index (χ4n) is 0.793. The van der Waals surface area contributed by atoms with Gasteiger partial charge in [-0.25, -0.2) is 0 Å². The van der Waals surface area contributed by atoms with Crippen LogP contribution in [0, 0.1) is 0 Å². The Bertz CT molecular complexity index is 250. The molecule has 1 rings (SSSR count). The van der Waals surface area contributed by atoms with Crippen molar-refractivity contribution in [1.82, 2.24) is 14.9 Å². The highest BCUT2D eigenvalue weighted by atomic mass is 32.1. The molecule has 1 amide bonds. The molecular formula is C7H11N3O2S. The summed E-state index contributed by atoms with van der Waals surface area (Å²) in [5.74, 6) is -0.202. The molecule has 0 atom stereocenters. The number of hydrogen-bond acceptors (Lipinski definition) is 5. The number of carbonyl (C=O) groups excluding carboxylic acids is 1. The first-order valence-electron chi connectivity index (χ1n) is 4.00. The van der Waals surface area contributed by atoms with Crippen molar-refractivity contribution in [3.63, 3.8) is 0 Å². The molecule has 1 heterocycles.